The highest BCUT2D eigenvalue weighted by Gasteiger charge is 2.37. The van der Waals surface area contributed by atoms with Crippen molar-refractivity contribution in [1.29, 1.82) is 0 Å². The molecule has 2 heterocycles. The lowest BCUT2D eigenvalue weighted by Crippen LogP contribution is -2.44. The summed E-state index contributed by atoms with van der Waals surface area (Å²) in [4.78, 5) is 36.3. The molecule has 172 valence electrons. The summed E-state index contributed by atoms with van der Waals surface area (Å²) >= 11 is 0. The highest BCUT2D eigenvalue weighted by molar-refractivity contribution is 5.86. The molecular weight excluding hydrogens is 420 g/mol. The normalized spacial score (nSPS) is 17.7. The van der Waals surface area contributed by atoms with Crippen LogP contribution in [0.15, 0.2) is 59.0 Å². The van der Waals surface area contributed by atoms with E-state index in [-0.39, 0.29) is 37.1 Å². The number of amides is 2. The lowest BCUT2D eigenvalue weighted by Gasteiger charge is -2.29. The number of furan rings is 1. The number of carbonyl (C=O) groups is 3. The molecule has 4 rings (SSSR count). The topological polar surface area (TPSA) is 97.6 Å². The van der Waals surface area contributed by atoms with Crippen molar-refractivity contribution in [3.8, 4) is 0 Å². The van der Waals surface area contributed by atoms with Crippen LogP contribution in [0, 0.1) is 0 Å². The fourth-order valence-electron chi connectivity index (χ4n) is 4.33. The molecule has 2 amide bonds. The van der Waals surface area contributed by atoms with Gasteiger partial charge in [0, 0.05) is 18.4 Å². The molecule has 1 aliphatic rings. The van der Waals surface area contributed by atoms with Crippen LogP contribution < -0.4 is 10.6 Å². The van der Waals surface area contributed by atoms with Crippen LogP contribution in [-0.4, -0.2) is 29.9 Å². The minimum absolute atomic E-state index is 0.0262. The van der Waals surface area contributed by atoms with E-state index in [2.05, 4.69) is 41.0 Å². The van der Waals surface area contributed by atoms with Gasteiger partial charge in [-0.05, 0) is 54.7 Å². The molecule has 0 spiro atoms. The smallest absolute Gasteiger partial charge is 0.374 e. The third-order valence-corrected chi connectivity index (χ3v) is 6.02. The van der Waals surface area contributed by atoms with Crippen LogP contribution in [0.1, 0.15) is 54.5 Å². The predicted octanol–water partition coefficient (Wildman–Crippen LogP) is 3.90. The first-order valence-electron chi connectivity index (χ1n) is 11.3. The lowest BCUT2D eigenvalue weighted by molar-refractivity contribution is -0.123. The van der Waals surface area contributed by atoms with Gasteiger partial charge in [-0.15, -0.1) is 0 Å². The summed E-state index contributed by atoms with van der Waals surface area (Å²) in [6.07, 6.45) is 2.67. The molecule has 1 saturated heterocycles. The molecule has 2 N–H and O–H groups in total. The molecule has 7 heteroatoms. The Bertz CT molecular complexity index is 1170. The van der Waals surface area contributed by atoms with Crippen LogP contribution in [-0.2, 0) is 27.3 Å². The van der Waals surface area contributed by atoms with Gasteiger partial charge in [-0.1, -0.05) is 42.5 Å². The molecule has 1 fully saturated rings. The fourth-order valence-corrected chi connectivity index (χ4v) is 4.33. The summed E-state index contributed by atoms with van der Waals surface area (Å²) in [5, 5.41) is 8.29. The summed E-state index contributed by atoms with van der Waals surface area (Å²) in [5.41, 5.74) is 0.705. The Morgan fingerprint density at radius 1 is 1.12 bits per heavy atom. The van der Waals surface area contributed by atoms with Gasteiger partial charge in [-0.2, -0.15) is 0 Å². The Kier molecular flexibility index (Phi) is 6.77. The molecule has 0 saturated carbocycles. The van der Waals surface area contributed by atoms with Crippen LogP contribution in [0.5, 0.6) is 0 Å². The quantitative estimate of drug-likeness (QED) is 0.484. The van der Waals surface area contributed by atoms with Crippen LogP contribution >= 0.6 is 0 Å². The minimum atomic E-state index is -0.525. The number of benzene rings is 2. The van der Waals surface area contributed by atoms with Crippen molar-refractivity contribution in [2.24, 2.45) is 0 Å². The zero-order chi connectivity index (χ0) is 23.3. The number of fused-ring (bicyclic) bond motifs is 1. The molecule has 1 aliphatic heterocycles. The van der Waals surface area contributed by atoms with E-state index >= 15 is 0 Å². The third kappa shape index (κ3) is 5.61. The molecule has 0 unspecified atom stereocenters. The van der Waals surface area contributed by atoms with Gasteiger partial charge in [0.2, 0.25) is 17.6 Å². The molecular formula is C26H28N2O5. The monoisotopic (exact) mass is 448 g/mol. The van der Waals surface area contributed by atoms with Gasteiger partial charge >= 0.3 is 5.97 Å². The summed E-state index contributed by atoms with van der Waals surface area (Å²) in [6.45, 7) is 2.17. The summed E-state index contributed by atoms with van der Waals surface area (Å²) < 4.78 is 10.3. The Labute approximate surface area is 192 Å². The molecule has 0 radical (unpaired) electrons. The van der Waals surface area contributed by atoms with Gasteiger partial charge in [-0.3, -0.25) is 9.59 Å². The Hall–Kier alpha value is -3.61. The highest BCUT2D eigenvalue weighted by Crippen LogP contribution is 2.30. The van der Waals surface area contributed by atoms with Gasteiger partial charge in [0.15, 0.2) is 0 Å². The van der Waals surface area contributed by atoms with Gasteiger partial charge < -0.3 is 19.8 Å². The highest BCUT2D eigenvalue weighted by atomic mass is 16.5. The van der Waals surface area contributed by atoms with Crippen molar-refractivity contribution in [3.63, 3.8) is 0 Å². The zero-order valence-electron chi connectivity index (χ0n) is 18.7. The van der Waals surface area contributed by atoms with E-state index in [1.165, 1.54) is 11.5 Å². The third-order valence-electron chi connectivity index (χ3n) is 6.02. The zero-order valence-corrected chi connectivity index (χ0v) is 18.7. The van der Waals surface area contributed by atoms with E-state index in [9.17, 15) is 14.4 Å². The number of hydrogen-bond acceptors (Lipinski definition) is 5. The van der Waals surface area contributed by atoms with Gasteiger partial charge in [0.1, 0.15) is 5.76 Å². The number of carbonyl (C=O) groups excluding carboxylic acids is 3. The molecule has 1 aromatic heterocycles. The van der Waals surface area contributed by atoms with Crippen molar-refractivity contribution in [2.45, 2.75) is 51.1 Å². The second kappa shape index (κ2) is 9.90. The van der Waals surface area contributed by atoms with Crippen LogP contribution in [0.3, 0.4) is 0 Å². The number of esters is 1. The molecule has 3 aromatic rings. The maximum atomic E-state index is 12.5. The van der Waals surface area contributed by atoms with Gasteiger partial charge in [-0.25, -0.2) is 4.79 Å². The standard InChI is InChI=1S/C26H28N2O5/c1-2-32-25(31)22-10-9-21(33-22)17-27-23(29)11-13-26(14-12-24(30)28-26)16-18-7-8-19-5-3-4-6-20(19)15-18/h3-10,15H,2,11-14,16-17H2,1H3,(H,27,29)(H,28,30)/t26-/m0/s1. The van der Waals surface area contributed by atoms with Crippen molar-refractivity contribution < 1.29 is 23.5 Å². The van der Waals surface area contributed by atoms with Gasteiger partial charge in [0.25, 0.3) is 0 Å². The van der Waals surface area contributed by atoms with Crippen molar-refractivity contribution in [3.05, 3.63) is 71.7 Å². The SMILES string of the molecule is CCOC(=O)c1ccc(CNC(=O)CC[C@@]2(Cc3ccc4ccccc4c3)CCC(=O)N2)o1. The van der Waals surface area contributed by atoms with Crippen LogP contribution in [0.4, 0.5) is 0 Å². The average Bonchev–Trinajstić information content (AvgIpc) is 3.43. The van der Waals surface area contributed by atoms with Crippen LogP contribution in [0.25, 0.3) is 10.8 Å². The van der Waals surface area contributed by atoms with E-state index < -0.39 is 11.5 Å². The summed E-state index contributed by atoms with van der Waals surface area (Å²) in [6, 6.07) is 17.7. The largest absolute Gasteiger partial charge is 0.460 e. The average molecular weight is 449 g/mol. The van der Waals surface area contributed by atoms with E-state index in [1.54, 1.807) is 13.0 Å². The molecule has 0 bridgehead atoms. The number of nitrogens with one attached hydrogen (secondary N) is 2. The molecule has 1 atom stereocenters. The summed E-state index contributed by atoms with van der Waals surface area (Å²) in [7, 11) is 0. The first-order valence-corrected chi connectivity index (χ1v) is 11.3. The number of rotatable bonds is 9. The number of hydrogen-bond donors (Lipinski definition) is 2. The van der Waals surface area contributed by atoms with E-state index in [0.29, 0.717) is 31.4 Å². The van der Waals surface area contributed by atoms with Crippen molar-refractivity contribution >= 4 is 28.6 Å². The maximum absolute atomic E-state index is 12.5. The lowest BCUT2D eigenvalue weighted by atomic mass is 9.84. The first-order chi connectivity index (χ1) is 16.0. The molecule has 7 nitrogen and oxygen atoms in total. The Morgan fingerprint density at radius 2 is 1.94 bits per heavy atom. The second-order valence-corrected chi connectivity index (χ2v) is 8.45. The minimum Gasteiger partial charge on any atom is -0.460 e. The number of ether oxygens (including phenoxy) is 1. The van der Waals surface area contributed by atoms with E-state index in [1.807, 2.05) is 12.1 Å². The molecule has 0 aliphatic carbocycles. The second-order valence-electron chi connectivity index (χ2n) is 8.45. The van der Waals surface area contributed by atoms with Gasteiger partial charge in [0.05, 0.1) is 13.2 Å². The van der Waals surface area contributed by atoms with Crippen LogP contribution in [0.2, 0.25) is 0 Å². The Morgan fingerprint density at radius 3 is 2.70 bits per heavy atom. The maximum Gasteiger partial charge on any atom is 0.374 e. The van der Waals surface area contributed by atoms with Crippen molar-refractivity contribution in [2.75, 3.05) is 6.61 Å². The Balaban J connectivity index is 1.35. The van der Waals surface area contributed by atoms with E-state index in [4.69, 9.17) is 9.15 Å². The summed E-state index contributed by atoms with van der Waals surface area (Å²) in [5.74, 6) is -0.0420. The fraction of sp³-hybridized carbons (Fsp3) is 0.346. The first kappa shape index (κ1) is 22.6. The molecule has 2 aromatic carbocycles. The van der Waals surface area contributed by atoms with Crippen molar-refractivity contribution in [1.82, 2.24) is 10.6 Å². The molecule has 33 heavy (non-hydrogen) atoms. The predicted molar refractivity (Wildman–Crippen MR) is 124 cm³/mol. The van der Waals surface area contributed by atoms with E-state index in [0.717, 1.165) is 10.9 Å².